The molecule has 0 radical (unpaired) electrons. The van der Waals surface area contributed by atoms with Gasteiger partial charge < -0.3 is 11.1 Å². The second-order valence-corrected chi connectivity index (χ2v) is 4.99. The first-order valence-electron chi connectivity index (χ1n) is 6.31. The molecule has 0 saturated heterocycles. The molecule has 3 N–H and O–H groups in total. The molecule has 0 aliphatic carbocycles. The lowest BCUT2D eigenvalue weighted by molar-refractivity contribution is -0.122. The first-order chi connectivity index (χ1) is 8.56. The van der Waals surface area contributed by atoms with Crippen LogP contribution in [0.2, 0.25) is 5.02 Å². The van der Waals surface area contributed by atoms with E-state index >= 15 is 0 Å². The van der Waals surface area contributed by atoms with E-state index in [1.807, 2.05) is 38.1 Å². The number of nitrogens with two attached hydrogens (primary N) is 1. The Morgan fingerprint density at radius 3 is 2.78 bits per heavy atom. The highest BCUT2D eigenvalue weighted by Gasteiger charge is 2.13. The van der Waals surface area contributed by atoms with Gasteiger partial charge in [0.2, 0.25) is 5.91 Å². The predicted molar refractivity (Wildman–Crippen MR) is 75.5 cm³/mol. The molecule has 1 amide bonds. The topological polar surface area (TPSA) is 55.1 Å². The Morgan fingerprint density at radius 1 is 1.50 bits per heavy atom. The van der Waals surface area contributed by atoms with Crippen LogP contribution in [-0.2, 0) is 4.79 Å². The summed E-state index contributed by atoms with van der Waals surface area (Å²) in [6.07, 6.45) is 1.41. The largest absolute Gasteiger partial charge is 0.350 e. The summed E-state index contributed by atoms with van der Waals surface area (Å²) in [4.78, 5) is 11.8. The quantitative estimate of drug-likeness (QED) is 0.834. The van der Waals surface area contributed by atoms with Crippen molar-refractivity contribution in [3.63, 3.8) is 0 Å². The highest BCUT2D eigenvalue weighted by atomic mass is 35.5. The van der Waals surface area contributed by atoms with Gasteiger partial charge in [0, 0.05) is 11.4 Å². The van der Waals surface area contributed by atoms with Crippen LogP contribution in [0.1, 0.15) is 38.3 Å². The van der Waals surface area contributed by atoms with Crippen LogP contribution in [0.15, 0.2) is 24.3 Å². The summed E-state index contributed by atoms with van der Waals surface area (Å²) < 4.78 is 0. The molecule has 18 heavy (non-hydrogen) atoms. The molecule has 0 saturated carbocycles. The number of nitrogens with one attached hydrogen (secondary N) is 1. The molecule has 3 nitrogen and oxygen atoms in total. The van der Waals surface area contributed by atoms with E-state index in [-0.39, 0.29) is 17.9 Å². The van der Waals surface area contributed by atoms with E-state index in [0.29, 0.717) is 18.0 Å². The Balaban J connectivity index is 2.54. The first-order valence-corrected chi connectivity index (χ1v) is 6.69. The van der Waals surface area contributed by atoms with E-state index < -0.39 is 0 Å². The van der Waals surface area contributed by atoms with Crippen molar-refractivity contribution in [3.8, 4) is 0 Å². The third-order valence-corrected chi connectivity index (χ3v) is 3.35. The number of hydrogen-bond donors (Lipinski definition) is 2. The molecule has 1 aromatic rings. The minimum atomic E-state index is -0.0357. The predicted octanol–water partition coefficient (Wildman–Crippen LogP) is 2.89. The van der Waals surface area contributed by atoms with Gasteiger partial charge in [0.15, 0.2) is 0 Å². The fourth-order valence-corrected chi connectivity index (χ4v) is 2.01. The van der Waals surface area contributed by atoms with E-state index in [0.717, 1.165) is 12.0 Å². The molecule has 0 aromatic heterocycles. The van der Waals surface area contributed by atoms with Crippen molar-refractivity contribution in [2.45, 2.75) is 32.7 Å². The minimum Gasteiger partial charge on any atom is -0.350 e. The van der Waals surface area contributed by atoms with Crippen molar-refractivity contribution in [2.75, 3.05) is 6.54 Å². The molecule has 0 bridgehead atoms. The van der Waals surface area contributed by atoms with Crippen molar-refractivity contribution in [2.24, 2.45) is 11.7 Å². The van der Waals surface area contributed by atoms with Crippen LogP contribution in [0.25, 0.3) is 0 Å². The molecule has 1 rings (SSSR count). The van der Waals surface area contributed by atoms with E-state index in [4.69, 9.17) is 17.3 Å². The Labute approximate surface area is 114 Å². The second kappa shape index (κ2) is 7.39. The standard InChI is InChI=1S/C14H21ClN2O/c1-3-11(9-16)7-14(18)17-10(2)12-5-4-6-13(15)8-12/h4-6,8,10-11H,3,7,9,16H2,1-2H3,(H,17,18)/t10-,11?/m1/s1. The number of rotatable bonds is 6. The third kappa shape index (κ3) is 4.67. The van der Waals surface area contributed by atoms with Crippen molar-refractivity contribution in [1.82, 2.24) is 5.32 Å². The highest BCUT2D eigenvalue weighted by Crippen LogP contribution is 2.17. The number of benzene rings is 1. The smallest absolute Gasteiger partial charge is 0.220 e. The summed E-state index contributed by atoms with van der Waals surface area (Å²) in [5.41, 5.74) is 6.61. The van der Waals surface area contributed by atoms with Crippen molar-refractivity contribution in [3.05, 3.63) is 34.9 Å². The average molecular weight is 269 g/mol. The van der Waals surface area contributed by atoms with Gasteiger partial charge in [-0.1, -0.05) is 37.1 Å². The summed E-state index contributed by atoms with van der Waals surface area (Å²) in [6.45, 7) is 4.55. The normalized spacial score (nSPS) is 14.0. The lowest BCUT2D eigenvalue weighted by Crippen LogP contribution is -2.30. The van der Waals surface area contributed by atoms with Gasteiger partial charge in [0.05, 0.1) is 6.04 Å². The van der Waals surface area contributed by atoms with E-state index in [1.54, 1.807) is 0 Å². The molecule has 4 heteroatoms. The maximum atomic E-state index is 11.8. The van der Waals surface area contributed by atoms with Gasteiger partial charge >= 0.3 is 0 Å². The van der Waals surface area contributed by atoms with Crippen LogP contribution in [-0.4, -0.2) is 12.5 Å². The van der Waals surface area contributed by atoms with E-state index in [1.165, 1.54) is 0 Å². The molecule has 0 aliphatic heterocycles. The summed E-state index contributed by atoms with van der Waals surface area (Å²) in [6, 6.07) is 7.49. The fraction of sp³-hybridized carbons (Fsp3) is 0.500. The van der Waals surface area contributed by atoms with Gasteiger partial charge in [-0.3, -0.25) is 4.79 Å². The fourth-order valence-electron chi connectivity index (χ4n) is 1.82. The molecule has 100 valence electrons. The molecular formula is C14H21ClN2O. The average Bonchev–Trinajstić information content (AvgIpc) is 2.35. The molecule has 0 aliphatic rings. The number of carbonyl (C=O) groups excluding carboxylic acids is 1. The van der Waals surface area contributed by atoms with Crippen LogP contribution in [0.5, 0.6) is 0 Å². The Hall–Kier alpha value is -1.06. The van der Waals surface area contributed by atoms with Crippen LogP contribution >= 0.6 is 11.6 Å². The van der Waals surface area contributed by atoms with E-state index in [9.17, 15) is 4.79 Å². The molecule has 2 atom stereocenters. The highest BCUT2D eigenvalue weighted by molar-refractivity contribution is 6.30. The Bertz CT molecular complexity index is 391. The van der Waals surface area contributed by atoms with Gasteiger partial charge in [-0.25, -0.2) is 0 Å². The van der Waals surface area contributed by atoms with Gasteiger partial charge in [-0.05, 0) is 37.1 Å². The third-order valence-electron chi connectivity index (χ3n) is 3.11. The maximum Gasteiger partial charge on any atom is 0.220 e. The van der Waals surface area contributed by atoms with Crippen molar-refractivity contribution < 1.29 is 4.79 Å². The Morgan fingerprint density at radius 2 is 2.22 bits per heavy atom. The van der Waals surface area contributed by atoms with Crippen LogP contribution < -0.4 is 11.1 Å². The number of hydrogen-bond acceptors (Lipinski definition) is 2. The first kappa shape index (κ1) is 15.0. The summed E-state index contributed by atoms with van der Waals surface area (Å²) in [7, 11) is 0. The molecule has 0 fully saturated rings. The second-order valence-electron chi connectivity index (χ2n) is 4.56. The van der Waals surface area contributed by atoms with Crippen molar-refractivity contribution in [1.29, 1.82) is 0 Å². The molecule has 0 heterocycles. The van der Waals surface area contributed by atoms with Gasteiger partial charge in [-0.2, -0.15) is 0 Å². The number of halogens is 1. The summed E-state index contributed by atoms with van der Waals surface area (Å²) in [5.74, 6) is 0.302. The minimum absolute atomic E-state index is 0.0357. The van der Waals surface area contributed by atoms with E-state index in [2.05, 4.69) is 5.32 Å². The molecule has 1 aromatic carbocycles. The van der Waals surface area contributed by atoms with Crippen molar-refractivity contribution >= 4 is 17.5 Å². The number of carbonyl (C=O) groups is 1. The number of amides is 1. The molecular weight excluding hydrogens is 248 g/mol. The monoisotopic (exact) mass is 268 g/mol. The van der Waals surface area contributed by atoms with Crippen LogP contribution in [0.4, 0.5) is 0 Å². The summed E-state index contributed by atoms with van der Waals surface area (Å²) in [5, 5.41) is 3.65. The lowest BCUT2D eigenvalue weighted by Gasteiger charge is -2.17. The summed E-state index contributed by atoms with van der Waals surface area (Å²) >= 11 is 5.93. The van der Waals surface area contributed by atoms with Gasteiger partial charge in [0.1, 0.15) is 0 Å². The zero-order valence-corrected chi connectivity index (χ0v) is 11.7. The Kier molecular flexibility index (Phi) is 6.16. The van der Waals surface area contributed by atoms with Crippen LogP contribution in [0, 0.1) is 5.92 Å². The zero-order chi connectivity index (χ0) is 13.5. The molecule has 0 spiro atoms. The van der Waals surface area contributed by atoms with Gasteiger partial charge in [0.25, 0.3) is 0 Å². The SMILES string of the molecule is CCC(CN)CC(=O)N[C@H](C)c1cccc(Cl)c1. The molecule has 1 unspecified atom stereocenters. The van der Waals surface area contributed by atoms with Crippen LogP contribution in [0.3, 0.4) is 0 Å². The zero-order valence-electron chi connectivity index (χ0n) is 10.9. The lowest BCUT2D eigenvalue weighted by atomic mass is 10.0. The maximum absolute atomic E-state index is 11.8. The van der Waals surface area contributed by atoms with Gasteiger partial charge in [-0.15, -0.1) is 0 Å².